The Morgan fingerprint density at radius 2 is 2.10 bits per heavy atom. The number of amides is 1. The van der Waals surface area contributed by atoms with Crippen LogP contribution in [0.1, 0.15) is 42.1 Å². The number of hydrogen-bond donors (Lipinski definition) is 1. The molecular weight excluding hydrogens is 262 g/mol. The molecule has 0 unspecified atom stereocenters. The molecule has 2 heterocycles. The van der Waals surface area contributed by atoms with Crippen LogP contribution < -0.4 is 10.6 Å². The lowest BCUT2D eigenvalue weighted by Crippen LogP contribution is -2.39. The summed E-state index contributed by atoms with van der Waals surface area (Å²) in [5, 5.41) is 0. The molecule has 2 N–H and O–H groups in total. The Bertz CT molecular complexity index is 543. The maximum atomic E-state index is 11.3. The average Bonchev–Trinajstić information content (AvgIpc) is 3.06. The molecule has 2 aliphatic rings. The van der Waals surface area contributed by atoms with Gasteiger partial charge in [-0.3, -0.25) is 9.69 Å². The van der Waals surface area contributed by atoms with Crippen molar-refractivity contribution >= 4 is 11.6 Å². The van der Waals surface area contributed by atoms with Crippen LogP contribution in [0.3, 0.4) is 0 Å². The summed E-state index contributed by atoms with van der Waals surface area (Å²) in [5.74, 6) is -0.343. The number of aryl methyl sites for hydroxylation is 1. The van der Waals surface area contributed by atoms with Gasteiger partial charge >= 0.3 is 0 Å². The van der Waals surface area contributed by atoms with Gasteiger partial charge in [0.1, 0.15) is 0 Å². The van der Waals surface area contributed by atoms with Gasteiger partial charge < -0.3 is 10.6 Å². The highest BCUT2D eigenvalue weighted by atomic mass is 16.1. The van der Waals surface area contributed by atoms with Gasteiger partial charge in [-0.15, -0.1) is 0 Å². The fourth-order valence-corrected chi connectivity index (χ4v) is 3.87. The van der Waals surface area contributed by atoms with Crippen LogP contribution in [0.5, 0.6) is 0 Å². The summed E-state index contributed by atoms with van der Waals surface area (Å²) >= 11 is 0. The molecule has 1 aromatic rings. The predicted molar refractivity (Wildman–Crippen MR) is 85.7 cm³/mol. The molecule has 0 saturated carbocycles. The summed E-state index contributed by atoms with van der Waals surface area (Å²) in [6.45, 7) is 7.75. The van der Waals surface area contributed by atoms with Crippen molar-refractivity contribution in [2.75, 3.05) is 24.5 Å². The van der Waals surface area contributed by atoms with Gasteiger partial charge in [-0.2, -0.15) is 0 Å². The molecule has 0 radical (unpaired) electrons. The molecule has 0 spiro atoms. The van der Waals surface area contributed by atoms with Gasteiger partial charge in [0.05, 0.1) is 0 Å². The maximum Gasteiger partial charge on any atom is 0.248 e. The van der Waals surface area contributed by atoms with Crippen LogP contribution >= 0.6 is 0 Å². The summed E-state index contributed by atoms with van der Waals surface area (Å²) < 4.78 is 0. The van der Waals surface area contributed by atoms with Crippen LogP contribution in [-0.2, 0) is 0 Å². The second kappa shape index (κ2) is 5.68. The summed E-state index contributed by atoms with van der Waals surface area (Å²) in [4.78, 5) is 16.4. The van der Waals surface area contributed by atoms with Crippen LogP contribution in [-0.4, -0.2) is 42.5 Å². The molecule has 0 aliphatic carbocycles. The lowest BCUT2D eigenvalue weighted by Gasteiger charge is -2.28. The summed E-state index contributed by atoms with van der Waals surface area (Å²) in [5.41, 5.74) is 8.19. The van der Waals surface area contributed by atoms with E-state index in [0.29, 0.717) is 11.6 Å². The molecule has 0 bridgehead atoms. The smallest absolute Gasteiger partial charge is 0.248 e. The fraction of sp³-hybridized carbons (Fsp3) is 0.588. The van der Waals surface area contributed by atoms with E-state index in [1.165, 1.54) is 31.5 Å². The largest absolute Gasteiger partial charge is 0.370 e. The van der Waals surface area contributed by atoms with Crippen molar-refractivity contribution < 1.29 is 4.79 Å². The van der Waals surface area contributed by atoms with Gasteiger partial charge in [0.25, 0.3) is 0 Å². The monoisotopic (exact) mass is 287 g/mol. The zero-order valence-electron chi connectivity index (χ0n) is 13.0. The Kier molecular flexibility index (Phi) is 3.89. The average molecular weight is 287 g/mol. The molecule has 0 aromatic heterocycles. The minimum Gasteiger partial charge on any atom is -0.370 e. The molecule has 4 nitrogen and oxygen atoms in total. The van der Waals surface area contributed by atoms with Crippen LogP contribution in [0.25, 0.3) is 0 Å². The fourth-order valence-electron chi connectivity index (χ4n) is 3.87. The zero-order valence-corrected chi connectivity index (χ0v) is 13.0. The highest BCUT2D eigenvalue weighted by Crippen LogP contribution is 2.29. The van der Waals surface area contributed by atoms with E-state index in [-0.39, 0.29) is 5.91 Å². The number of carbonyl (C=O) groups excluding carboxylic acids is 1. The van der Waals surface area contributed by atoms with Crippen LogP contribution in [0.15, 0.2) is 18.2 Å². The first-order valence-electron chi connectivity index (χ1n) is 7.97. The Morgan fingerprint density at radius 3 is 2.71 bits per heavy atom. The molecule has 4 heteroatoms. The van der Waals surface area contributed by atoms with Crippen molar-refractivity contribution in [1.29, 1.82) is 0 Å². The maximum absolute atomic E-state index is 11.3. The lowest BCUT2D eigenvalue weighted by molar-refractivity contribution is 0.0999. The highest BCUT2D eigenvalue weighted by Gasteiger charge is 2.32. The van der Waals surface area contributed by atoms with Crippen LogP contribution in [0, 0.1) is 6.92 Å². The first-order valence-corrected chi connectivity index (χ1v) is 7.97. The number of hydrogen-bond acceptors (Lipinski definition) is 3. The third kappa shape index (κ3) is 2.77. The molecule has 1 amide bonds. The predicted octanol–water partition coefficient (Wildman–Crippen LogP) is 2.16. The number of likely N-dealkylation sites (tertiary alicyclic amines) is 1. The minimum absolute atomic E-state index is 0.343. The zero-order chi connectivity index (χ0) is 15.0. The normalized spacial score (nSPS) is 26.5. The van der Waals surface area contributed by atoms with E-state index in [1.54, 1.807) is 0 Å². The molecule has 2 atom stereocenters. The van der Waals surface area contributed by atoms with Crippen LogP contribution in [0.2, 0.25) is 0 Å². The van der Waals surface area contributed by atoms with Gasteiger partial charge in [-0.25, -0.2) is 0 Å². The topological polar surface area (TPSA) is 49.6 Å². The Morgan fingerprint density at radius 1 is 1.29 bits per heavy atom. The number of nitrogens with zero attached hydrogens (tertiary/aromatic N) is 2. The van der Waals surface area contributed by atoms with Crippen molar-refractivity contribution in [2.24, 2.45) is 5.73 Å². The molecular formula is C17H25N3O. The van der Waals surface area contributed by atoms with Gasteiger partial charge in [-0.05, 0) is 63.4 Å². The molecule has 114 valence electrons. The van der Waals surface area contributed by atoms with E-state index in [2.05, 4.69) is 22.8 Å². The quantitative estimate of drug-likeness (QED) is 0.927. The number of primary amides is 1. The number of carbonyl (C=O) groups is 1. The Balaban J connectivity index is 1.71. The van der Waals surface area contributed by atoms with Gasteiger partial charge in [0.15, 0.2) is 0 Å². The van der Waals surface area contributed by atoms with E-state index in [4.69, 9.17) is 5.73 Å². The standard InChI is InChI=1S/C17H25N3O/c1-12-10-14(5-6-16(12)17(18)21)19-9-7-15(11-19)20-8-3-4-13(20)2/h5-6,10,13,15H,3-4,7-9,11H2,1-2H3,(H2,18,21)/t13-,15+/m0/s1. The third-order valence-electron chi connectivity index (χ3n) is 5.08. The first-order chi connectivity index (χ1) is 10.1. The van der Waals surface area contributed by atoms with E-state index in [0.717, 1.165) is 24.7 Å². The second-order valence-corrected chi connectivity index (χ2v) is 6.48. The number of nitrogens with two attached hydrogens (primary N) is 1. The number of anilines is 1. The Labute approximate surface area is 126 Å². The van der Waals surface area contributed by atoms with Crippen molar-refractivity contribution in [1.82, 2.24) is 4.90 Å². The van der Waals surface area contributed by atoms with Crippen molar-refractivity contribution in [3.05, 3.63) is 29.3 Å². The summed E-state index contributed by atoms with van der Waals surface area (Å²) in [6, 6.07) is 7.39. The van der Waals surface area contributed by atoms with E-state index in [9.17, 15) is 4.79 Å². The minimum atomic E-state index is -0.343. The molecule has 3 rings (SSSR count). The molecule has 1 aromatic carbocycles. The summed E-state index contributed by atoms with van der Waals surface area (Å²) in [6.07, 6.45) is 3.91. The number of rotatable bonds is 3. The summed E-state index contributed by atoms with van der Waals surface area (Å²) in [7, 11) is 0. The first kappa shape index (κ1) is 14.4. The molecule has 2 saturated heterocycles. The van der Waals surface area contributed by atoms with E-state index < -0.39 is 0 Å². The SMILES string of the molecule is Cc1cc(N2CC[C@@H](N3CCC[C@@H]3C)C2)ccc1C(N)=O. The van der Waals surface area contributed by atoms with Gasteiger partial charge in [0.2, 0.25) is 5.91 Å². The Hall–Kier alpha value is -1.55. The van der Waals surface area contributed by atoms with E-state index >= 15 is 0 Å². The molecule has 21 heavy (non-hydrogen) atoms. The van der Waals surface area contributed by atoms with Crippen molar-refractivity contribution in [3.63, 3.8) is 0 Å². The molecule has 2 aliphatic heterocycles. The van der Waals surface area contributed by atoms with Crippen LogP contribution in [0.4, 0.5) is 5.69 Å². The highest BCUT2D eigenvalue weighted by molar-refractivity contribution is 5.94. The number of benzene rings is 1. The second-order valence-electron chi connectivity index (χ2n) is 6.48. The lowest BCUT2D eigenvalue weighted by atomic mass is 10.1. The van der Waals surface area contributed by atoms with Crippen molar-refractivity contribution in [3.8, 4) is 0 Å². The molecule has 2 fully saturated rings. The van der Waals surface area contributed by atoms with Crippen molar-refractivity contribution in [2.45, 2.75) is 45.2 Å². The van der Waals surface area contributed by atoms with Gasteiger partial charge in [-0.1, -0.05) is 0 Å². The third-order valence-corrected chi connectivity index (χ3v) is 5.08. The van der Waals surface area contributed by atoms with E-state index in [1.807, 2.05) is 19.1 Å². The van der Waals surface area contributed by atoms with Gasteiger partial charge in [0, 0.05) is 36.4 Å².